The van der Waals surface area contributed by atoms with E-state index in [2.05, 4.69) is 81.1 Å². The number of aromatic amines is 2. The number of H-pyrrole nitrogens is 2. The monoisotopic (exact) mass is 312 g/mol. The van der Waals surface area contributed by atoms with Crippen LogP contribution in [0, 0.1) is 0 Å². The predicted octanol–water partition coefficient (Wildman–Crippen LogP) is 4.64. The van der Waals surface area contributed by atoms with Crippen molar-refractivity contribution in [2.75, 3.05) is 0 Å². The van der Waals surface area contributed by atoms with Crippen molar-refractivity contribution in [2.24, 2.45) is 0 Å². The molecule has 2 N–H and O–H groups in total. The van der Waals surface area contributed by atoms with Gasteiger partial charge in [0.05, 0.1) is 11.4 Å². The normalized spacial score (nSPS) is 11.2. The van der Waals surface area contributed by atoms with Crippen LogP contribution in [0.15, 0.2) is 73.1 Å². The zero-order valence-electron chi connectivity index (χ0n) is 13.0. The van der Waals surface area contributed by atoms with E-state index < -0.39 is 0 Å². The van der Waals surface area contributed by atoms with E-state index in [-0.39, 0.29) is 0 Å². The molecule has 4 aromatic rings. The van der Waals surface area contributed by atoms with Gasteiger partial charge in [0.1, 0.15) is 0 Å². The molecule has 0 spiro atoms. The van der Waals surface area contributed by atoms with Crippen molar-refractivity contribution in [3.63, 3.8) is 0 Å². The summed E-state index contributed by atoms with van der Waals surface area (Å²) in [5, 5.41) is 13.9. The summed E-state index contributed by atoms with van der Waals surface area (Å²) >= 11 is 0. The van der Waals surface area contributed by atoms with Crippen molar-refractivity contribution in [3.8, 4) is 22.5 Å². The fourth-order valence-electron chi connectivity index (χ4n) is 2.57. The lowest BCUT2D eigenvalue weighted by atomic mass is 10.1. The van der Waals surface area contributed by atoms with Gasteiger partial charge in [0.15, 0.2) is 0 Å². The highest BCUT2D eigenvalue weighted by Crippen LogP contribution is 2.19. The molecule has 0 saturated heterocycles. The molecule has 0 amide bonds. The Morgan fingerprint density at radius 1 is 0.542 bits per heavy atom. The predicted molar refractivity (Wildman–Crippen MR) is 97.0 cm³/mol. The first-order chi connectivity index (χ1) is 11.9. The zero-order chi connectivity index (χ0) is 16.2. The van der Waals surface area contributed by atoms with E-state index in [4.69, 9.17) is 0 Å². The Kier molecular flexibility index (Phi) is 3.78. The Balaban J connectivity index is 1.48. The highest BCUT2D eigenvalue weighted by atomic mass is 15.1. The lowest BCUT2D eigenvalue weighted by Gasteiger charge is -2.00. The average molecular weight is 312 g/mol. The standard InChI is InChI=1S/C20H16N4/c1(15-3-7-17(8-4-15)19-11-13-21-23-19)2-16-5-9-18(10-6-16)20-12-14-22-24-20/h1-14H,(H,21,23)(H,22,24)/b2-1+. The van der Waals surface area contributed by atoms with Gasteiger partial charge in [-0.3, -0.25) is 10.2 Å². The quantitative estimate of drug-likeness (QED) is 0.539. The molecule has 2 aromatic heterocycles. The van der Waals surface area contributed by atoms with Crippen LogP contribution in [0.3, 0.4) is 0 Å². The van der Waals surface area contributed by atoms with Crippen molar-refractivity contribution in [3.05, 3.63) is 84.2 Å². The summed E-state index contributed by atoms with van der Waals surface area (Å²) in [6.45, 7) is 0. The van der Waals surface area contributed by atoms with Gasteiger partial charge < -0.3 is 0 Å². The molecule has 4 rings (SSSR count). The van der Waals surface area contributed by atoms with Crippen LogP contribution in [-0.4, -0.2) is 20.4 Å². The summed E-state index contributed by atoms with van der Waals surface area (Å²) in [4.78, 5) is 0. The van der Waals surface area contributed by atoms with Crippen LogP contribution in [0.1, 0.15) is 11.1 Å². The average Bonchev–Trinajstić information content (AvgIpc) is 3.34. The molecule has 0 aliphatic rings. The Labute approximate surface area is 139 Å². The fourth-order valence-corrected chi connectivity index (χ4v) is 2.57. The van der Waals surface area contributed by atoms with Crippen LogP contribution in [0.4, 0.5) is 0 Å². The molecule has 0 fully saturated rings. The van der Waals surface area contributed by atoms with Crippen LogP contribution in [0.2, 0.25) is 0 Å². The second kappa shape index (κ2) is 6.38. The van der Waals surface area contributed by atoms with Crippen LogP contribution in [-0.2, 0) is 0 Å². The molecule has 2 aromatic carbocycles. The van der Waals surface area contributed by atoms with Gasteiger partial charge in [-0.2, -0.15) is 10.2 Å². The second-order valence-corrected chi connectivity index (χ2v) is 5.52. The molecule has 0 unspecified atom stereocenters. The first kappa shape index (κ1) is 14.2. The number of rotatable bonds is 4. The Hall–Kier alpha value is -3.40. The maximum atomic E-state index is 3.98. The number of nitrogens with one attached hydrogen (secondary N) is 2. The van der Waals surface area contributed by atoms with Crippen LogP contribution in [0.25, 0.3) is 34.7 Å². The highest BCUT2D eigenvalue weighted by molar-refractivity contribution is 5.72. The molecule has 0 bridgehead atoms. The van der Waals surface area contributed by atoms with Crippen molar-refractivity contribution < 1.29 is 0 Å². The molecule has 4 heteroatoms. The molecular weight excluding hydrogens is 296 g/mol. The minimum absolute atomic E-state index is 1.03. The second-order valence-electron chi connectivity index (χ2n) is 5.52. The molecular formula is C20H16N4. The topological polar surface area (TPSA) is 57.4 Å². The minimum atomic E-state index is 1.03. The lowest BCUT2D eigenvalue weighted by molar-refractivity contribution is 1.10. The highest BCUT2D eigenvalue weighted by Gasteiger charge is 1.99. The maximum Gasteiger partial charge on any atom is 0.0650 e. The fraction of sp³-hybridized carbons (Fsp3) is 0. The number of hydrogen-bond acceptors (Lipinski definition) is 2. The number of aromatic nitrogens is 4. The van der Waals surface area contributed by atoms with E-state index in [1.54, 1.807) is 12.4 Å². The largest absolute Gasteiger partial charge is 0.278 e. The van der Waals surface area contributed by atoms with Crippen molar-refractivity contribution in [2.45, 2.75) is 0 Å². The van der Waals surface area contributed by atoms with Gasteiger partial charge in [-0.25, -0.2) is 0 Å². The van der Waals surface area contributed by atoms with Gasteiger partial charge in [0.2, 0.25) is 0 Å². The van der Waals surface area contributed by atoms with E-state index in [0.717, 1.165) is 33.6 Å². The van der Waals surface area contributed by atoms with E-state index in [0.29, 0.717) is 0 Å². The van der Waals surface area contributed by atoms with Crippen LogP contribution in [0.5, 0.6) is 0 Å². The SMILES string of the molecule is C(=C\c1ccc(-c2ccn[nH]2)cc1)/c1ccc(-c2ccn[nH]2)cc1. The zero-order valence-corrected chi connectivity index (χ0v) is 13.0. The first-order valence-electron chi connectivity index (χ1n) is 7.76. The summed E-state index contributed by atoms with van der Waals surface area (Å²) in [5.74, 6) is 0. The molecule has 4 nitrogen and oxygen atoms in total. The summed E-state index contributed by atoms with van der Waals surface area (Å²) in [5.41, 5.74) is 6.65. The molecule has 0 saturated carbocycles. The van der Waals surface area contributed by atoms with E-state index in [1.807, 2.05) is 12.1 Å². The molecule has 0 radical (unpaired) electrons. The smallest absolute Gasteiger partial charge is 0.0650 e. The van der Waals surface area contributed by atoms with E-state index in [1.165, 1.54) is 0 Å². The molecule has 0 aliphatic heterocycles. The third kappa shape index (κ3) is 3.03. The van der Waals surface area contributed by atoms with Gasteiger partial charge in [-0.05, 0) is 34.4 Å². The summed E-state index contributed by atoms with van der Waals surface area (Å²) < 4.78 is 0. The molecule has 2 heterocycles. The van der Waals surface area contributed by atoms with Crippen molar-refractivity contribution >= 4 is 12.2 Å². The third-order valence-corrected chi connectivity index (χ3v) is 3.91. The van der Waals surface area contributed by atoms with Crippen LogP contribution >= 0.6 is 0 Å². The number of nitrogens with zero attached hydrogens (tertiary/aromatic N) is 2. The summed E-state index contributed by atoms with van der Waals surface area (Å²) in [6.07, 6.45) is 7.75. The van der Waals surface area contributed by atoms with Crippen molar-refractivity contribution in [1.82, 2.24) is 20.4 Å². The Morgan fingerprint density at radius 2 is 0.958 bits per heavy atom. The summed E-state index contributed by atoms with van der Waals surface area (Å²) in [6, 6.07) is 20.7. The maximum absolute atomic E-state index is 3.98. The molecule has 116 valence electrons. The van der Waals surface area contributed by atoms with Gasteiger partial charge in [-0.1, -0.05) is 60.7 Å². The molecule has 0 atom stereocenters. The van der Waals surface area contributed by atoms with Gasteiger partial charge in [0, 0.05) is 12.4 Å². The van der Waals surface area contributed by atoms with Crippen molar-refractivity contribution in [1.29, 1.82) is 0 Å². The van der Waals surface area contributed by atoms with Crippen LogP contribution < -0.4 is 0 Å². The molecule has 0 aliphatic carbocycles. The summed E-state index contributed by atoms with van der Waals surface area (Å²) in [7, 11) is 0. The van der Waals surface area contributed by atoms with Gasteiger partial charge >= 0.3 is 0 Å². The Morgan fingerprint density at radius 3 is 1.29 bits per heavy atom. The molecule has 24 heavy (non-hydrogen) atoms. The van der Waals surface area contributed by atoms with Gasteiger partial charge in [-0.15, -0.1) is 0 Å². The number of benzene rings is 2. The van der Waals surface area contributed by atoms with E-state index >= 15 is 0 Å². The van der Waals surface area contributed by atoms with E-state index in [9.17, 15) is 0 Å². The third-order valence-electron chi connectivity index (χ3n) is 3.91. The lowest BCUT2D eigenvalue weighted by Crippen LogP contribution is -1.80. The minimum Gasteiger partial charge on any atom is -0.278 e. The first-order valence-corrected chi connectivity index (χ1v) is 7.76. The Bertz CT molecular complexity index is 837. The number of hydrogen-bond donors (Lipinski definition) is 2. The van der Waals surface area contributed by atoms with Gasteiger partial charge in [0.25, 0.3) is 0 Å².